The lowest BCUT2D eigenvalue weighted by atomic mass is 10.2. The number of para-hydroxylation sites is 2. The molecule has 0 spiro atoms. The molecule has 148 valence electrons. The molecular weight excluding hydrogens is 352 g/mol. The van der Waals surface area contributed by atoms with E-state index in [0.29, 0.717) is 19.0 Å². The average Bonchev–Trinajstić information content (AvgIpc) is 3.04. The summed E-state index contributed by atoms with van der Waals surface area (Å²) >= 11 is 0. The number of imidazole rings is 1. The molecule has 2 aromatic heterocycles. The molecule has 0 saturated heterocycles. The highest BCUT2D eigenvalue weighted by Crippen LogP contribution is 2.16. The monoisotopic (exact) mass is 380 g/mol. The van der Waals surface area contributed by atoms with Crippen LogP contribution in [0.4, 0.5) is 0 Å². The molecule has 2 heterocycles. The maximum absolute atomic E-state index is 5.57. The van der Waals surface area contributed by atoms with Gasteiger partial charge in [0.1, 0.15) is 5.82 Å². The summed E-state index contributed by atoms with van der Waals surface area (Å²) in [6, 6.07) is 12.2. The number of hydrogen-bond donors (Lipinski definition) is 2. The van der Waals surface area contributed by atoms with Gasteiger partial charge in [-0.1, -0.05) is 18.2 Å². The number of rotatable bonds is 8. The van der Waals surface area contributed by atoms with E-state index in [-0.39, 0.29) is 0 Å². The summed E-state index contributed by atoms with van der Waals surface area (Å²) in [7, 11) is 1.77. The van der Waals surface area contributed by atoms with Crippen LogP contribution in [0.2, 0.25) is 0 Å². The lowest BCUT2D eigenvalue weighted by Crippen LogP contribution is -2.37. The molecule has 0 amide bonds. The van der Waals surface area contributed by atoms with Crippen molar-refractivity contribution in [1.82, 2.24) is 25.2 Å². The largest absolute Gasteiger partial charge is 0.478 e. The number of pyridine rings is 1. The summed E-state index contributed by atoms with van der Waals surface area (Å²) in [6.45, 7) is 6.94. The van der Waals surface area contributed by atoms with Crippen LogP contribution in [0.15, 0.2) is 47.6 Å². The van der Waals surface area contributed by atoms with E-state index in [9.17, 15) is 0 Å². The number of guanidine groups is 1. The Bertz CT molecular complexity index is 934. The van der Waals surface area contributed by atoms with Gasteiger partial charge in [0, 0.05) is 38.4 Å². The third-order valence-electron chi connectivity index (χ3n) is 4.50. The minimum Gasteiger partial charge on any atom is -0.478 e. The molecule has 3 rings (SSSR count). The zero-order valence-electron chi connectivity index (χ0n) is 16.8. The van der Waals surface area contributed by atoms with Gasteiger partial charge in [-0.3, -0.25) is 4.99 Å². The Morgan fingerprint density at radius 2 is 2.04 bits per heavy atom. The number of ether oxygens (including phenoxy) is 1. The van der Waals surface area contributed by atoms with Gasteiger partial charge < -0.3 is 19.9 Å². The average molecular weight is 380 g/mol. The van der Waals surface area contributed by atoms with Gasteiger partial charge in [0.15, 0.2) is 5.96 Å². The normalized spacial score (nSPS) is 11.6. The van der Waals surface area contributed by atoms with E-state index in [4.69, 9.17) is 4.74 Å². The van der Waals surface area contributed by atoms with Gasteiger partial charge in [0.2, 0.25) is 5.88 Å². The van der Waals surface area contributed by atoms with Crippen LogP contribution in [0.3, 0.4) is 0 Å². The molecule has 0 atom stereocenters. The first-order chi connectivity index (χ1) is 13.7. The van der Waals surface area contributed by atoms with Gasteiger partial charge in [-0.15, -0.1) is 0 Å². The summed E-state index contributed by atoms with van der Waals surface area (Å²) < 4.78 is 7.83. The zero-order valence-corrected chi connectivity index (χ0v) is 16.8. The van der Waals surface area contributed by atoms with Crippen LogP contribution in [0.5, 0.6) is 5.88 Å². The predicted molar refractivity (Wildman–Crippen MR) is 113 cm³/mol. The summed E-state index contributed by atoms with van der Waals surface area (Å²) in [5, 5.41) is 6.68. The molecular formula is C21H28N6O. The zero-order chi connectivity index (χ0) is 19.8. The van der Waals surface area contributed by atoms with Gasteiger partial charge in [0.05, 0.1) is 17.6 Å². The minimum atomic E-state index is 0.597. The Labute approximate surface area is 165 Å². The van der Waals surface area contributed by atoms with E-state index in [1.54, 1.807) is 13.2 Å². The van der Waals surface area contributed by atoms with Crippen LogP contribution >= 0.6 is 0 Å². The number of aromatic nitrogens is 3. The van der Waals surface area contributed by atoms with E-state index in [0.717, 1.165) is 42.4 Å². The molecule has 0 aliphatic rings. The molecule has 3 aromatic rings. The van der Waals surface area contributed by atoms with Gasteiger partial charge >= 0.3 is 0 Å². The number of fused-ring (bicyclic) bond motifs is 1. The lowest BCUT2D eigenvalue weighted by Gasteiger charge is -2.14. The van der Waals surface area contributed by atoms with E-state index < -0.39 is 0 Å². The van der Waals surface area contributed by atoms with Crippen LogP contribution in [-0.4, -0.2) is 40.7 Å². The number of nitrogens with zero attached hydrogens (tertiary/aromatic N) is 4. The van der Waals surface area contributed by atoms with Crippen molar-refractivity contribution in [3.8, 4) is 5.88 Å². The Morgan fingerprint density at radius 3 is 2.86 bits per heavy atom. The molecule has 0 fully saturated rings. The summed E-state index contributed by atoms with van der Waals surface area (Å²) in [5.41, 5.74) is 3.24. The van der Waals surface area contributed by atoms with Crippen molar-refractivity contribution in [2.45, 2.75) is 33.4 Å². The van der Waals surface area contributed by atoms with Crippen LogP contribution in [0.25, 0.3) is 11.0 Å². The highest BCUT2D eigenvalue weighted by atomic mass is 16.5. The first-order valence-electron chi connectivity index (χ1n) is 9.66. The van der Waals surface area contributed by atoms with Crippen LogP contribution in [-0.2, 0) is 13.1 Å². The fraction of sp³-hybridized carbons (Fsp3) is 0.381. The smallest absolute Gasteiger partial charge is 0.218 e. The Kier molecular flexibility index (Phi) is 6.84. The fourth-order valence-corrected chi connectivity index (χ4v) is 3.15. The first kappa shape index (κ1) is 19.7. The molecule has 2 N–H and O–H groups in total. The van der Waals surface area contributed by atoms with Gasteiger partial charge in [-0.25, -0.2) is 9.97 Å². The molecule has 0 aliphatic carbocycles. The highest BCUT2D eigenvalue weighted by Gasteiger charge is 2.07. The number of benzene rings is 1. The van der Waals surface area contributed by atoms with Crippen LogP contribution in [0, 0.1) is 6.92 Å². The van der Waals surface area contributed by atoms with Gasteiger partial charge in [0.25, 0.3) is 0 Å². The molecule has 0 unspecified atom stereocenters. The van der Waals surface area contributed by atoms with Gasteiger partial charge in [-0.2, -0.15) is 0 Å². The highest BCUT2D eigenvalue weighted by molar-refractivity contribution is 5.79. The minimum absolute atomic E-state index is 0.597. The molecule has 0 aliphatic heterocycles. The Morgan fingerprint density at radius 1 is 1.18 bits per heavy atom. The van der Waals surface area contributed by atoms with E-state index in [2.05, 4.69) is 55.3 Å². The SMILES string of the molecule is CCOc1ncccc1CNC(=NC)NCCCn1c(C)nc2ccccc21. The maximum Gasteiger partial charge on any atom is 0.218 e. The van der Waals surface area contributed by atoms with Crippen molar-refractivity contribution < 1.29 is 4.74 Å². The first-order valence-corrected chi connectivity index (χ1v) is 9.66. The van der Waals surface area contributed by atoms with Crippen molar-refractivity contribution >= 4 is 17.0 Å². The van der Waals surface area contributed by atoms with Crippen molar-refractivity contribution in [3.63, 3.8) is 0 Å². The number of aliphatic imine (C=N–C) groups is 1. The van der Waals surface area contributed by atoms with E-state index in [1.165, 1.54) is 5.52 Å². The topological polar surface area (TPSA) is 76.4 Å². The second kappa shape index (κ2) is 9.73. The molecule has 28 heavy (non-hydrogen) atoms. The van der Waals surface area contributed by atoms with Gasteiger partial charge in [-0.05, 0) is 38.5 Å². The number of nitrogens with one attached hydrogen (secondary N) is 2. The molecule has 0 saturated carbocycles. The molecule has 7 heteroatoms. The maximum atomic E-state index is 5.57. The second-order valence-electron chi connectivity index (χ2n) is 6.41. The van der Waals surface area contributed by atoms with Crippen LogP contribution in [0.1, 0.15) is 24.7 Å². The molecule has 7 nitrogen and oxygen atoms in total. The third kappa shape index (κ3) is 4.79. The molecule has 0 bridgehead atoms. The van der Waals surface area contributed by atoms with E-state index in [1.807, 2.05) is 25.1 Å². The predicted octanol–water partition coefficient (Wildman–Crippen LogP) is 2.89. The van der Waals surface area contributed by atoms with E-state index >= 15 is 0 Å². The second-order valence-corrected chi connectivity index (χ2v) is 6.41. The number of hydrogen-bond acceptors (Lipinski definition) is 4. The Balaban J connectivity index is 1.49. The quantitative estimate of drug-likeness (QED) is 0.357. The lowest BCUT2D eigenvalue weighted by molar-refractivity contribution is 0.322. The standard InChI is InChI=1S/C21H28N6O/c1-4-28-20-17(9-7-12-23-20)15-25-21(22-3)24-13-8-14-27-16(2)26-18-10-5-6-11-19(18)27/h5-7,9-12H,4,8,13-15H2,1-3H3,(H2,22,24,25). The van der Waals surface area contributed by atoms with Crippen molar-refractivity contribution in [1.29, 1.82) is 0 Å². The van der Waals surface area contributed by atoms with Crippen molar-refractivity contribution in [3.05, 3.63) is 54.0 Å². The van der Waals surface area contributed by atoms with Crippen molar-refractivity contribution in [2.24, 2.45) is 4.99 Å². The summed E-state index contributed by atoms with van der Waals surface area (Å²) in [6.07, 6.45) is 2.71. The third-order valence-corrected chi connectivity index (χ3v) is 4.50. The molecule has 1 aromatic carbocycles. The summed E-state index contributed by atoms with van der Waals surface area (Å²) in [4.78, 5) is 13.2. The van der Waals surface area contributed by atoms with Crippen LogP contribution < -0.4 is 15.4 Å². The summed E-state index contributed by atoms with van der Waals surface area (Å²) in [5.74, 6) is 2.47. The fourth-order valence-electron chi connectivity index (χ4n) is 3.15. The van der Waals surface area contributed by atoms with Crippen molar-refractivity contribution in [2.75, 3.05) is 20.2 Å². The number of aryl methyl sites for hydroxylation is 2. The molecule has 0 radical (unpaired) electrons. The Hall–Kier alpha value is -3.09.